The zero-order valence-electron chi connectivity index (χ0n) is 10.9. The van der Waals surface area contributed by atoms with E-state index in [0.29, 0.717) is 6.42 Å². The Hall–Kier alpha value is -1.27. The minimum atomic E-state index is -0.688. The average molecular weight is 250 g/mol. The molecule has 1 fully saturated rings. The topological polar surface area (TPSA) is 57.5 Å². The summed E-state index contributed by atoms with van der Waals surface area (Å²) in [7, 11) is 0. The molecule has 0 aromatic heterocycles. The summed E-state index contributed by atoms with van der Waals surface area (Å²) in [6, 6.07) is 0. The number of hydrogen-bond acceptors (Lipinski definition) is 2. The van der Waals surface area contributed by atoms with E-state index < -0.39 is 12.1 Å². The van der Waals surface area contributed by atoms with Gasteiger partial charge in [-0.15, -0.1) is 0 Å². The molecule has 0 saturated heterocycles. The Morgan fingerprint density at radius 2 is 2.17 bits per heavy atom. The second kappa shape index (κ2) is 7.94. The normalized spacial score (nSPS) is 23.4. The lowest BCUT2D eigenvalue weighted by atomic mass is 10.1. The molecule has 3 heteroatoms. The highest BCUT2D eigenvalue weighted by Crippen LogP contribution is 2.45. The highest BCUT2D eigenvalue weighted by molar-refractivity contribution is 5.66. The molecule has 1 aliphatic carbocycles. The van der Waals surface area contributed by atoms with E-state index in [1.807, 2.05) is 6.08 Å². The second-order valence-electron chi connectivity index (χ2n) is 4.99. The fourth-order valence-corrected chi connectivity index (χ4v) is 2.15. The van der Waals surface area contributed by atoms with Gasteiger partial charge in [0, 0.05) is 6.42 Å². The zero-order valence-corrected chi connectivity index (χ0v) is 10.9. The molecular weight excluding hydrogens is 228 g/mol. The van der Waals surface area contributed by atoms with Crippen LogP contribution >= 0.6 is 0 Å². The summed E-state index contributed by atoms with van der Waals surface area (Å²) < 4.78 is 0. The van der Waals surface area contributed by atoms with Crippen LogP contribution in [0.15, 0.2) is 12.2 Å². The summed E-state index contributed by atoms with van der Waals surface area (Å²) in [5, 5.41) is 17.4. The Labute approximate surface area is 109 Å². The standard InChI is InChI=1S/C15H22O3/c1-12(16)7-4-2-3-5-8-13-11-14(13)9-6-10-15(17)18/h2-3,12-14,16H,5-6,8-11H2,1H3,(H,17,18)/b3-2-/t12?,13-,14-/m1/s1. The van der Waals surface area contributed by atoms with Gasteiger partial charge in [0.25, 0.3) is 0 Å². The van der Waals surface area contributed by atoms with Crippen LogP contribution in [0.1, 0.15) is 45.4 Å². The molecule has 0 aromatic carbocycles. The van der Waals surface area contributed by atoms with Crippen molar-refractivity contribution in [2.75, 3.05) is 0 Å². The lowest BCUT2D eigenvalue weighted by molar-refractivity contribution is -0.137. The SMILES string of the molecule is CC(O)C#C/C=C\CC[C@@H]1C[C@H]1CCCC(=O)O. The lowest BCUT2D eigenvalue weighted by Crippen LogP contribution is -1.94. The van der Waals surface area contributed by atoms with Gasteiger partial charge in [-0.3, -0.25) is 4.79 Å². The fraction of sp³-hybridized carbons (Fsp3) is 0.667. The number of hydrogen-bond donors (Lipinski definition) is 2. The van der Waals surface area contributed by atoms with Gasteiger partial charge in [-0.1, -0.05) is 17.9 Å². The van der Waals surface area contributed by atoms with Gasteiger partial charge >= 0.3 is 5.97 Å². The van der Waals surface area contributed by atoms with Crippen molar-refractivity contribution in [3.63, 3.8) is 0 Å². The van der Waals surface area contributed by atoms with Crippen LogP contribution in [0.2, 0.25) is 0 Å². The molecule has 0 heterocycles. The summed E-state index contributed by atoms with van der Waals surface area (Å²) in [4.78, 5) is 10.4. The summed E-state index contributed by atoms with van der Waals surface area (Å²) in [6.45, 7) is 1.65. The van der Waals surface area contributed by atoms with Gasteiger partial charge in [-0.25, -0.2) is 0 Å². The monoisotopic (exact) mass is 250 g/mol. The maximum Gasteiger partial charge on any atom is 0.303 e. The van der Waals surface area contributed by atoms with E-state index in [0.717, 1.165) is 31.1 Å². The molecule has 0 radical (unpaired) electrons. The molecular formula is C15H22O3. The molecule has 18 heavy (non-hydrogen) atoms. The number of allylic oxidation sites excluding steroid dienone is 2. The van der Waals surface area contributed by atoms with Gasteiger partial charge in [-0.05, 0) is 56.9 Å². The van der Waals surface area contributed by atoms with Crippen molar-refractivity contribution in [1.29, 1.82) is 0 Å². The van der Waals surface area contributed by atoms with Crippen LogP contribution in [0.4, 0.5) is 0 Å². The van der Waals surface area contributed by atoms with E-state index in [9.17, 15) is 4.79 Å². The first-order chi connectivity index (χ1) is 8.59. The number of carboxylic acid groups (broad SMARTS) is 1. The van der Waals surface area contributed by atoms with Crippen molar-refractivity contribution >= 4 is 5.97 Å². The smallest absolute Gasteiger partial charge is 0.303 e. The van der Waals surface area contributed by atoms with Gasteiger partial charge in [0.15, 0.2) is 0 Å². The number of aliphatic hydroxyl groups is 1. The predicted molar refractivity (Wildman–Crippen MR) is 70.9 cm³/mol. The molecule has 2 N–H and O–H groups in total. The first-order valence-corrected chi connectivity index (χ1v) is 6.65. The van der Waals surface area contributed by atoms with Crippen LogP contribution in [0, 0.1) is 23.7 Å². The summed E-state index contributed by atoms with van der Waals surface area (Å²) in [5.41, 5.74) is 0. The van der Waals surface area contributed by atoms with Crippen molar-refractivity contribution in [3.05, 3.63) is 12.2 Å². The van der Waals surface area contributed by atoms with Crippen molar-refractivity contribution < 1.29 is 15.0 Å². The Bertz CT molecular complexity index is 346. The third-order valence-corrected chi connectivity index (χ3v) is 3.23. The Morgan fingerprint density at radius 1 is 1.44 bits per heavy atom. The minimum absolute atomic E-state index is 0.304. The largest absolute Gasteiger partial charge is 0.481 e. The Balaban J connectivity index is 2.00. The van der Waals surface area contributed by atoms with Gasteiger partial charge < -0.3 is 10.2 Å². The molecule has 3 atom stereocenters. The van der Waals surface area contributed by atoms with Crippen molar-refractivity contribution in [2.24, 2.45) is 11.8 Å². The van der Waals surface area contributed by atoms with Gasteiger partial charge in [0.1, 0.15) is 6.10 Å². The third-order valence-electron chi connectivity index (χ3n) is 3.23. The van der Waals surface area contributed by atoms with Crippen molar-refractivity contribution in [1.82, 2.24) is 0 Å². The van der Waals surface area contributed by atoms with Gasteiger partial charge in [0.2, 0.25) is 0 Å². The van der Waals surface area contributed by atoms with Crippen LogP contribution in [0.3, 0.4) is 0 Å². The summed E-state index contributed by atoms with van der Waals surface area (Å²) in [6.07, 6.45) is 8.91. The van der Waals surface area contributed by atoms with Crippen LogP contribution in [0.25, 0.3) is 0 Å². The number of rotatable bonds is 7. The molecule has 0 spiro atoms. The van der Waals surface area contributed by atoms with Gasteiger partial charge in [0.05, 0.1) is 0 Å². The quantitative estimate of drug-likeness (QED) is 0.683. The van der Waals surface area contributed by atoms with Crippen LogP contribution in [0.5, 0.6) is 0 Å². The summed E-state index contributed by atoms with van der Waals surface area (Å²) >= 11 is 0. The zero-order chi connectivity index (χ0) is 13.4. The second-order valence-corrected chi connectivity index (χ2v) is 4.99. The molecule has 1 unspecified atom stereocenters. The first kappa shape index (κ1) is 14.8. The summed E-state index contributed by atoms with van der Waals surface area (Å²) in [5.74, 6) is 6.30. The van der Waals surface area contributed by atoms with E-state index in [2.05, 4.69) is 11.8 Å². The molecule has 0 amide bonds. The van der Waals surface area contributed by atoms with E-state index in [4.69, 9.17) is 10.2 Å². The van der Waals surface area contributed by atoms with Gasteiger partial charge in [-0.2, -0.15) is 0 Å². The van der Waals surface area contributed by atoms with E-state index in [1.54, 1.807) is 13.0 Å². The molecule has 1 rings (SSSR count). The maximum atomic E-state index is 10.4. The van der Waals surface area contributed by atoms with E-state index in [-0.39, 0.29) is 0 Å². The average Bonchev–Trinajstić information content (AvgIpc) is 3.01. The molecule has 100 valence electrons. The number of carbonyl (C=O) groups is 1. The van der Waals surface area contributed by atoms with Crippen LogP contribution in [-0.2, 0) is 4.79 Å². The molecule has 1 saturated carbocycles. The fourth-order valence-electron chi connectivity index (χ4n) is 2.15. The predicted octanol–water partition coefficient (Wildman–Crippen LogP) is 2.60. The third kappa shape index (κ3) is 7.13. The Kier molecular flexibility index (Phi) is 6.53. The Morgan fingerprint density at radius 3 is 2.83 bits per heavy atom. The van der Waals surface area contributed by atoms with Crippen molar-refractivity contribution in [2.45, 2.75) is 51.6 Å². The molecule has 0 aromatic rings. The molecule has 0 bridgehead atoms. The molecule has 1 aliphatic rings. The van der Waals surface area contributed by atoms with E-state index in [1.165, 1.54) is 12.8 Å². The van der Waals surface area contributed by atoms with Crippen LogP contribution in [-0.4, -0.2) is 22.3 Å². The van der Waals surface area contributed by atoms with Crippen molar-refractivity contribution in [3.8, 4) is 11.8 Å². The minimum Gasteiger partial charge on any atom is -0.481 e. The maximum absolute atomic E-state index is 10.4. The molecule has 0 aliphatic heterocycles. The van der Waals surface area contributed by atoms with Crippen LogP contribution < -0.4 is 0 Å². The number of aliphatic hydroxyl groups excluding tert-OH is 1. The molecule has 3 nitrogen and oxygen atoms in total. The van der Waals surface area contributed by atoms with E-state index >= 15 is 0 Å². The number of carboxylic acids is 1. The lowest BCUT2D eigenvalue weighted by Gasteiger charge is -1.97. The first-order valence-electron chi connectivity index (χ1n) is 6.65. The number of aliphatic carboxylic acids is 1. The highest BCUT2D eigenvalue weighted by atomic mass is 16.4. The highest BCUT2D eigenvalue weighted by Gasteiger charge is 2.35.